The number of amides is 1. The van der Waals surface area contributed by atoms with Gasteiger partial charge in [-0.3, -0.25) is 14.5 Å². The molecule has 0 radical (unpaired) electrons. The monoisotopic (exact) mass is 429 g/mol. The van der Waals surface area contributed by atoms with E-state index in [4.69, 9.17) is 4.74 Å². The number of hydrogen-bond acceptors (Lipinski definition) is 6. The first-order chi connectivity index (χ1) is 14.3. The summed E-state index contributed by atoms with van der Waals surface area (Å²) >= 11 is 0. The molecule has 1 amide bonds. The number of aromatic nitrogens is 3. The van der Waals surface area contributed by atoms with E-state index in [9.17, 15) is 13.2 Å². The van der Waals surface area contributed by atoms with Gasteiger partial charge in [0.25, 0.3) is 5.91 Å². The van der Waals surface area contributed by atoms with E-state index in [2.05, 4.69) is 20.1 Å². The van der Waals surface area contributed by atoms with Crippen LogP contribution in [0.2, 0.25) is 0 Å². The summed E-state index contributed by atoms with van der Waals surface area (Å²) in [5.74, 6) is 0.0116. The molecule has 158 valence electrons. The Kier molecular flexibility index (Phi) is 6.48. The number of carbonyl (C=O) groups is 1. The van der Waals surface area contributed by atoms with Crippen LogP contribution < -0.4 is 14.8 Å². The van der Waals surface area contributed by atoms with Crippen molar-refractivity contribution in [1.82, 2.24) is 19.5 Å². The van der Waals surface area contributed by atoms with Crippen LogP contribution in [0.15, 0.2) is 59.8 Å². The summed E-state index contributed by atoms with van der Waals surface area (Å²) in [4.78, 5) is 16.8. The molecule has 2 aromatic heterocycles. The second-order valence-corrected chi connectivity index (χ2v) is 8.50. The predicted molar refractivity (Wildman–Crippen MR) is 112 cm³/mol. The maximum absolute atomic E-state index is 12.7. The predicted octanol–water partition coefficient (Wildman–Crippen LogP) is 2.27. The normalized spacial score (nSPS) is 11.5. The van der Waals surface area contributed by atoms with E-state index in [0.29, 0.717) is 12.4 Å². The zero-order chi connectivity index (χ0) is 21.7. The van der Waals surface area contributed by atoms with Gasteiger partial charge in [0, 0.05) is 30.1 Å². The molecule has 0 aliphatic carbocycles. The van der Waals surface area contributed by atoms with Gasteiger partial charge in [-0.25, -0.2) is 13.1 Å². The number of sulfonamides is 1. The molecule has 2 N–H and O–H groups in total. The molecule has 10 heteroatoms. The standard InChI is InChI=1S/C20H23N5O4S/c1-14(2)24-30(27,28)18-12-15(7-8-17(18)29-3)20(26)22-19-9-11-25(23-19)13-16-6-4-5-10-21-16/h4-12,14,24H,13H2,1-3H3,(H,22,23,26). The number of pyridine rings is 1. The number of rotatable bonds is 8. The number of carbonyl (C=O) groups excluding carboxylic acids is 1. The maximum Gasteiger partial charge on any atom is 0.256 e. The van der Waals surface area contributed by atoms with E-state index >= 15 is 0 Å². The van der Waals surface area contributed by atoms with Crippen molar-refractivity contribution >= 4 is 21.7 Å². The third-order valence-corrected chi connectivity index (χ3v) is 5.72. The number of benzene rings is 1. The summed E-state index contributed by atoms with van der Waals surface area (Å²) in [6.45, 7) is 3.88. The third kappa shape index (κ3) is 5.22. The Hall–Kier alpha value is -3.24. The van der Waals surface area contributed by atoms with Gasteiger partial charge in [0.15, 0.2) is 5.82 Å². The van der Waals surface area contributed by atoms with E-state index in [0.717, 1.165) is 5.69 Å². The van der Waals surface area contributed by atoms with Crippen LogP contribution in [0.5, 0.6) is 5.75 Å². The van der Waals surface area contributed by atoms with Gasteiger partial charge in [-0.2, -0.15) is 5.10 Å². The van der Waals surface area contributed by atoms with Gasteiger partial charge in [0.1, 0.15) is 10.6 Å². The molecule has 1 aromatic carbocycles. The summed E-state index contributed by atoms with van der Waals surface area (Å²) in [7, 11) is -2.47. The van der Waals surface area contributed by atoms with Crippen LogP contribution in [-0.4, -0.2) is 42.2 Å². The number of nitrogens with zero attached hydrogens (tertiary/aromatic N) is 3. The Balaban J connectivity index is 1.78. The lowest BCUT2D eigenvalue weighted by Crippen LogP contribution is -2.30. The molecule has 3 aromatic rings. The fourth-order valence-electron chi connectivity index (χ4n) is 2.76. The van der Waals surface area contributed by atoms with Gasteiger partial charge in [0.2, 0.25) is 10.0 Å². The van der Waals surface area contributed by atoms with Crippen molar-refractivity contribution < 1.29 is 17.9 Å². The van der Waals surface area contributed by atoms with Crippen molar-refractivity contribution in [2.24, 2.45) is 0 Å². The Morgan fingerprint density at radius 3 is 2.67 bits per heavy atom. The van der Waals surface area contributed by atoms with E-state index in [1.807, 2.05) is 18.2 Å². The highest BCUT2D eigenvalue weighted by atomic mass is 32.2. The Bertz CT molecular complexity index is 1130. The Labute approximate surface area is 175 Å². The van der Waals surface area contributed by atoms with Crippen molar-refractivity contribution in [2.75, 3.05) is 12.4 Å². The van der Waals surface area contributed by atoms with E-state index in [-0.39, 0.29) is 22.3 Å². The smallest absolute Gasteiger partial charge is 0.256 e. The molecule has 0 bridgehead atoms. The van der Waals surface area contributed by atoms with Gasteiger partial charge >= 0.3 is 0 Å². The average Bonchev–Trinajstić information content (AvgIpc) is 3.14. The number of ether oxygens (including phenoxy) is 1. The molecule has 0 aliphatic heterocycles. The van der Waals surface area contributed by atoms with Gasteiger partial charge < -0.3 is 10.1 Å². The molecule has 0 unspecified atom stereocenters. The highest BCUT2D eigenvalue weighted by Crippen LogP contribution is 2.25. The molecular weight excluding hydrogens is 406 g/mol. The van der Waals surface area contributed by atoms with Crippen LogP contribution in [0.1, 0.15) is 29.9 Å². The van der Waals surface area contributed by atoms with Crippen molar-refractivity contribution in [1.29, 1.82) is 0 Å². The number of anilines is 1. The zero-order valence-electron chi connectivity index (χ0n) is 16.9. The minimum atomic E-state index is -3.84. The quantitative estimate of drug-likeness (QED) is 0.568. The molecule has 2 heterocycles. The fourth-order valence-corrected chi connectivity index (χ4v) is 4.21. The minimum Gasteiger partial charge on any atom is -0.495 e. The fraction of sp³-hybridized carbons (Fsp3) is 0.250. The third-order valence-electron chi connectivity index (χ3n) is 4.04. The summed E-state index contributed by atoms with van der Waals surface area (Å²) in [5.41, 5.74) is 1.00. The molecular formula is C20H23N5O4S. The average molecular weight is 430 g/mol. The van der Waals surface area contributed by atoms with Crippen LogP contribution in [0.3, 0.4) is 0 Å². The molecule has 0 fully saturated rings. The van der Waals surface area contributed by atoms with Crippen LogP contribution in [0.4, 0.5) is 5.82 Å². The lowest BCUT2D eigenvalue weighted by molar-refractivity contribution is 0.102. The van der Waals surface area contributed by atoms with Gasteiger partial charge in [0.05, 0.1) is 19.3 Å². The lowest BCUT2D eigenvalue weighted by atomic mass is 10.2. The first kappa shape index (κ1) is 21.5. The van der Waals surface area contributed by atoms with Crippen LogP contribution >= 0.6 is 0 Å². The first-order valence-electron chi connectivity index (χ1n) is 9.23. The summed E-state index contributed by atoms with van der Waals surface area (Å²) in [6.07, 6.45) is 3.42. The summed E-state index contributed by atoms with van der Waals surface area (Å²) < 4.78 is 34.5. The van der Waals surface area contributed by atoms with Crippen molar-refractivity contribution in [2.45, 2.75) is 31.3 Å². The molecule has 30 heavy (non-hydrogen) atoms. The van der Waals surface area contributed by atoms with Crippen molar-refractivity contribution in [3.63, 3.8) is 0 Å². The molecule has 3 rings (SSSR count). The van der Waals surface area contributed by atoms with Crippen LogP contribution in [-0.2, 0) is 16.6 Å². The summed E-state index contributed by atoms with van der Waals surface area (Å²) in [6, 6.07) is 11.2. The number of nitrogens with one attached hydrogen (secondary N) is 2. The van der Waals surface area contributed by atoms with Crippen molar-refractivity contribution in [3.8, 4) is 5.75 Å². The maximum atomic E-state index is 12.7. The topological polar surface area (TPSA) is 115 Å². The first-order valence-corrected chi connectivity index (χ1v) is 10.7. The molecule has 9 nitrogen and oxygen atoms in total. The van der Waals surface area contributed by atoms with Crippen LogP contribution in [0, 0.1) is 0 Å². The molecule has 0 saturated heterocycles. The Morgan fingerprint density at radius 1 is 1.20 bits per heavy atom. The second kappa shape index (κ2) is 9.06. The van der Waals surface area contributed by atoms with Gasteiger partial charge in [-0.15, -0.1) is 0 Å². The number of methoxy groups -OCH3 is 1. The molecule has 0 aliphatic rings. The second-order valence-electron chi connectivity index (χ2n) is 6.82. The van der Waals surface area contributed by atoms with E-state index in [1.54, 1.807) is 37.0 Å². The molecule has 0 atom stereocenters. The number of hydrogen-bond donors (Lipinski definition) is 2. The lowest BCUT2D eigenvalue weighted by Gasteiger charge is -2.14. The SMILES string of the molecule is COc1ccc(C(=O)Nc2ccn(Cc3ccccn3)n2)cc1S(=O)(=O)NC(C)C. The van der Waals surface area contributed by atoms with Crippen molar-refractivity contribution in [3.05, 3.63) is 66.1 Å². The highest BCUT2D eigenvalue weighted by Gasteiger charge is 2.22. The van der Waals surface area contributed by atoms with Gasteiger partial charge in [-0.05, 0) is 44.2 Å². The minimum absolute atomic E-state index is 0.105. The Morgan fingerprint density at radius 2 is 2.00 bits per heavy atom. The molecule has 0 saturated carbocycles. The highest BCUT2D eigenvalue weighted by molar-refractivity contribution is 7.89. The van der Waals surface area contributed by atoms with E-state index in [1.165, 1.54) is 25.3 Å². The largest absolute Gasteiger partial charge is 0.495 e. The summed E-state index contributed by atoms with van der Waals surface area (Å²) in [5, 5.41) is 6.98. The molecule has 0 spiro atoms. The van der Waals surface area contributed by atoms with Gasteiger partial charge in [-0.1, -0.05) is 6.07 Å². The van der Waals surface area contributed by atoms with E-state index < -0.39 is 15.9 Å². The zero-order valence-corrected chi connectivity index (χ0v) is 17.7. The van der Waals surface area contributed by atoms with Crippen LogP contribution in [0.25, 0.3) is 0 Å².